The minimum Gasteiger partial charge on any atom is -0.507 e. The molecule has 1 saturated heterocycles. The second-order valence-electron chi connectivity index (χ2n) is 9.00. The van der Waals surface area contributed by atoms with E-state index >= 15 is 0 Å². The van der Waals surface area contributed by atoms with Gasteiger partial charge in [-0.3, -0.25) is 14.6 Å². The molecule has 0 radical (unpaired) electrons. The van der Waals surface area contributed by atoms with E-state index in [1.54, 1.807) is 6.07 Å². The molecule has 2 aromatic heterocycles. The second kappa shape index (κ2) is 10.1. The van der Waals surface area contributed by atoms with Gasteiger partial charge in [0.15, 0.2) is 0 Å². The minimum atomic E-state index is -0.0918. The number of hydrogen-bond acceptors (Lipinski definition) is 8. The summed E-state index contributed by atoms with van der Waals surface area (Å²) in [6.07, 6.45) is 1.16. The number of benzene rings is 2. The molecule has 0 saturated carbocycles. The molecule has 184 valence electrons. The van der Waals surface area contributed by atoms with Crippen LogP contribution in [0.2, 0.25) is 0 Å². The number of hydrogen-bond donors (Lipinski definition) is 2. The van der Waals surface area contributed by atoms with Gasteiger partial charge in [0.2, 0.25) is 5.43 Å². The number of aliphatic hydroxyl groups is 1. The molecule has 0 spiro atoms. The molecular weight excluding hydrogens is 462 g/mol. The van der Waals surface area contributed by atoms with Gasteiger partial charge in [-0.05, 0) is 30.2 Å². The molecule has 8 heteroatoms. The summed E-state index contributed by atoms with van der Waals surface area (Å²) in [5, 5.41) is 21.5. The van der Waals surface area contributed by atoms with Crippen LogP contribution in [0.1, 0.15) is 30.7 Å². The molecule has 1 aliphatic rings. The molecule has 5 rings (SSSR count). The number of para-hydroxylation sites is 1. The van der Waals surface area contributed by atoms with Gasteiger partial charge in [0.1, 0.15) is 22.1 Å². The van der Waals surface area contributed by atoms with Crippen molar-refractivity contribution in [3.8, 4) is 16.3 Å². The molecule has 0 bridgehead atoms. The number of aromatic nitrogens is 1. The molecular formula is C27H31N3O4S. The molecule has 4 aromatic rings. The first-order valence-corrected chi connectivity index (χ1v) is 13.1. The van der Waals surface area contributed by atoms with E-state index in [0.717, 1.165) is 42.0 Å². The van der Waals surface area contributed by atoms with Crippen LogP contribution in [-0.4, -0.2) is 64.3 Å². The third-order valence-corrected chi connectivity index (χ3v) is 7.93. The Kier molecular flexibility index (Phi) is 6.88. The second-order valence-corrected chi connectivity index (χ2v) is 10.0. The average Bonchev–Trinajstić information content (AvgIpc) is 3.30. The molecule has 3 heterocycles. The van der Waals surface area contributed by atoms with E-state index in [0.29, 0.717) is 58.8 Å². The highest BCUT2D eigenvalue weighted by molar-refractivity contribution is 7.21. The summed E-state index contributed by atoms with van der Waals surface area (Å²) >= 11 is 1.50. The number of aromatic hydroxyl groups is 1. The minimum absolute atomic E-state index is 0.0918. The fourth-order valence-electron chi connectivity index (χ4n) is 4.89. The molecule has 0 aliphatic carbocycles. The largest absolute Gasteiger partial charge is 0.507 e. The number of phenols is 1. The number of rotatable bonds is 7. The van der Waals surface area contributed by atoms with Gasteiger partial charge in [-0.1, -0.05) is 26.0 Å². The monoisotopic (exact) mass is 493 g/mol. The van der Waals surface area contributed by atoms with Gasteiger partial charge in [-0.2, -0.15) is 0 Å². The van der Waals surface area contributed by atoms with Gasteiger partial charge in [-0.15, -0.1) is 11.3 Å². The van der Waals surface area contributed by atoms with E-state index in [9.17, 15) is 15.0 Å². The Labute approximate surface area is 208 Å². The zero-order chi connectivity index (χ0) is 24.5. The maximum absolute atomic E-state index is 13.9. The fraction of sp³-hybridized carbons (Fsp3) is 0.407. The summed E-state index contributed by atoms with van der Waals surface area (Å²) in [5.74, 6) is 0.815. The van der Waals surface area contributed by atoms with Crippen LogP contribution in [0.3, 0.4) is 0 Å². The molecule has 2 N–H and O–H groups in total. The lowest BCUT2D eigenvalue weighted by atomic mass is 9.99. The third kappa shape index (κ3) is 4.47. The Balaban J connectivity index is 1.62. The van der Waals surface area contributed by atoms with Crippen molar-refractivity contribution in [1.82, 2.24) is 14.8 Å². The van der Waals surface area contributed by atoms with Crippen LogP contribution in [0.4, 0.5) is 0 Å². The van der Waals surface area contributed by atoms with Crippen molar-refractivity contribution in [3.63, 3.8) is 0 Å². The maximum Gasteiger partial charge on any atom is 0.203 e. The topological polar surface area (TPSA) is 90.0 Å². The van der Waals surface area contributed by atoms with E-state index in [2.05, 4.69) is 9.80 Å². The van der Waals surface area contributed by atoms with E-state index in [1.807, 2.05) is 38.1 Å². The molecule has 2 aromatic carbocycles. The first-order valence-electron chi connectivity index (χ1n) is 12.3. The van der Waals surface area contributed by atoms with Gasteiger partial charge >= 0.3 is 0 Å². The van der Waals surface area contributed by atoms with Crippen LogP contribution in [0.5, 0.6) is 5.75 Å². The quantitative estimate of drug-likeness (QED) is 0.402. The molecule has 1 fully saturated rings. The number of fused-ring (bicyclic) bond motifs is 2. The van der Waals surface area contributed by atoms with Crippen molar-refractivity contribution in [3.05, 3.63) is 57.4 Å². The Morgan fingerprint density at radius 1 is 1.09 bits per heavy atom. The highest BCUT2D eigenvalue weighted by Gasteiger charge is 2.25. The number of phenolic OH excluding ortho intramolecular Hbond substituents is 1. The van der Waals surface area contributed by atoms with Crippen LogP contribution in [0.25, 0.3) is 31.8 Å². The lowest BCUT2D eigenvalue weighted by molar-refractivity contribution is 0.108. The number of thiazole rings is 1. The van der Waals surface area contributed by atoms with Crippen molar-refractivity contribution >= 4 is 32.5 Å². The lowest BCUT2D eigenvalue weighted by Gasteiger charge is -2.34. The summed E-state index contributed by atoms with van der Waals surface area (Å²) in [4.78, 5) is 23.1. The van der Waals surface area contributed by atoms with Crippen LogP contribution < -0.4 is 5.43 Å². The molecule has 0 unspecified atom stereocenters. The molecule has 0 atom stereocenters. The Hall–Kier alpha value is -2.78. The Morgan fingerprint density at radius 3 is 2.51 bits per heavy atom. The van der Waals surface area contributed by atoms with Crippen molar-refractivity contribution < 1.29 is 14.6 Å². The number of aryl methyl sites for hydroxylation is 2. The zero-order valence-corrected chi connectivity index (χ0v) is 21.0. The smallest absolute Gasteiger partial charge is 0.203 e. The molecule has 1 aliphatic heterocycles. The van der Waals surface area contributed by atoms with Crippen LogP contribution in [-0.2, 0) is 19.4 Å². The van der Waals surface area contributed by atoms with E-state index in [1.165, 1.54) is 11.3 Å². The number of aliphatic hydroxyl groups excluding tert-OH is 1. The van der Waals surface area contributed by atoms with Gasteiger partial charge in [0.25, 0.3) is 0 Å². The summed E-state index contributed by atoms with van der Waals surface area (Å²) in [5.41, 5.74) is 3.21. The fourth-order valence-corrected chi connectivity index (χ4v) is 5.92. The average molecular weight is 494 g/mol. The van der Waals surface area contributed by atoms with Gasteiger partial charge in [-0.25, -0.2) is 4.98 Å². The summed E-state index contributed by atoms with van der Waals surface area (Å²) in [6, 6.07) is 9.67. The Morgan fingerprint density at radius 2 is 1.83 bits per heavy atom. The van der Waals surface area contributed by atoms with Crippen molar-refractivity contribution in [2.24, 2.45) is 0 Å². The molecule has 7 nitrogen and oxygen atoms in total. The summed E-state index contributed by atoms with van der Waals surface area (Å²) < 4.78 is 7.46. The van der Waals surface area contributed by atoms with Crippen LogP contribution in [0, 0.1) is 0 Å². The van der Waals surface area contributed by atoms with E-state index in [-0.39, 0.29) is 17.8 Å². The summed E-state index contributed by atoms with van der Waals surface area (Å²) in [7, 11) is 0. The van der Waals surface area contributed by atoms with Crippen LogP contribution in [0.15, 0.2) is 39.5 Å². The SMILES string of the molecule is CCc1cc2c(=O)c(-c3nc4ccccc4s3)c(CC)oc2c(CN2CCN(CCO)CC2)c1O. The lowest BCUT2D eigenvalue weighted by Crippen LogP contribution is -2.46. The van der Waals surface area contributed by atoms with Gasteiger partial charge in [0.05, 0.1) is 33.3 Å². The number of nitrogens with zero attached hydrogens (tertiary/aromatic N) is 3. The van der Waals surface area contributed by atoms with Gasteiger partial charge < -0.3 is 14.6 Å². The first-order chi connectivity index (χ1) is 17.0. The molecule has 0 amide bonds. The van der Waals surface area contributed by atoms with E-state index in [4.69, 9.17) is 9.40 Å². The number of β-amino-alcohol motifs (C(OH)–C–C–N with tert-alkyl or cyclic N) is 1. The first kappa shape index (κ1) is 23.9. The van der Waals surface area contributed by atoms with Gasteiger partial charge in [0, 0.05) is 45.7 Å². The zero-order valence-electron chi connectivity index (χ0n) is 20.2. The predicted molar refractivity (Wildman–Crippen MR) is 140 cm³/mol. The van der Waals surface area contributed by atoms with E-state index < -0.39 is 0 Å². The van der Waals surface area contributed by atoms with Crippen molar-refractivity contribution in [1.29, 1.82) is 0 Å². The predicted octanol–water partition coefficient (Wildman–Crippen LogP) is 4.01. The van der Waals surface area contributed by atoms with Crippen molar-refractivity contribution in [2.75, 3.05) is 39.3 Å². The number of piperazine rings is 1. The highest BCUT2D eigenvalue weighted by Crippen LogP contribution is 2.36. The standard InChI is InChI=1S/C27H31N3O4S/c1-3-17-15-18-25(33)23(27-28-20-7-5-6-8-22(20)35-27)21(4-2)34-26(18)19(24(17)32)16-30-11-9-29(10-12-30)13-14-31/h5-8,15,31-32H,3-4,9-14,16H2,1-2H3. The third-order valence-electron chi connectivity index (χ3n) is 6.88. The highest BCUT2D eigenvalue weighted by atomic mass is 32.1. The summed E-state index contributed by atoms with van der Waals surface area (Å²) in [6.45, 7) is 8.67. The maximum atomic E-state index is 13.9. The Bertz CT molecular complexity index is 1390. The normalized spacial score (nSPS) is 15.4. The molecule has 35 heavy (non-hydrogen) atoms. The van der Waals surface area contributed by atoms with Crippen LogP contribution >= 0.6 is 11.3 Å². The van der Waals surface area contributed by atoms with Crippen molar-refractivity contribution in [2.45, 2.75) is 33.2 Å².